The Hall–Kier alpha value is -3.54. The zero-order valence-electron chi connectivity index (χ0n) is 20.9. The van der Waals surface area contributed by atoms with Gasteiger partial charge < -0.3 is 24.8 Å². The number of rotatable bonds is 10. The van der Waals surface area contributed by atoms with Gasteiger partial charge in [-0.2, -0.15) is 0 Å². The number of nitrogens with zero attached hydrogens (tertiary/aromatic N) is 4. The van der Waals surface area contributed by atoms with Crippen molar-refractivity contribution in [2.24, 2.45) is 0 Å². The Labute approximate surface area is 230 Å². The van der Waals surface area contributed by atoms with Crippen LogP contribution in [0.3, 0.4) is 0 Å². The molecule has 0 aliphatic rings. The molecule has 0 atom stereocenters. The van der Waals surface area contributed by atoms with E-state index in [2.05, 4.69) is 20.6 Å². The molecule has 4 aromatic rings. The largest absolute Gasteiger partial charge is 0.454 e. The minimum absolute atomic E-state index is 0.227. The van der Waals surface area contributed by atoms with Crippen molar-refractivity contribution in [3.63, 3.8) is 0 Å². The molecule has 0 spiro atoms. The van der Waals surface area contributed by atoms with Crippen LogP contribution in [0.15, 0.2) is 55.0 Å². The molecule has 0 radical (unpaired) electrons. The van der Waals surface area contributed by atoms with Crippen molar-refractivity contribution in [2.45, 2.75) is 6.54 Å². The van der Waals surface area contributed by atoms with Crippen LogP contribution in [-0.4, -0.2) is 61.5 Å². The summed E-state index contributed by atoms with van der Waals surface area (Å²) in [5.41, 5.74) is 2.93. The molecule has 10 nitrogen and oxygen atoms in total. The van der Waals surface area contributed by atoms with Crippen molar-refractivity contribution in [3.05, 3.63) is 65.0 Å². The van der Waals surface area contributed by atoms with Crippen LogP contribution in [0.2, 0.25) is 10.0 Å². The number of nitrogens with one attached hydrogen (secondary N) is 2. The molecule has 0 saturated carbocycles. The molecule has 0 unspecified atom stereocenters. The fourth-order valence-corrected chi connectivity index (χ4v) is 4.87. The highest BCUT2D eigenvalue weighted by atomic mass is 35.5. The van der Waals surface area contributed by atoms with Crippen molar-refractivity contribution < 1.29 is 17.9 Å². The summed E-state index contributed by atoms with van der Waals surface area (Å²) in [6, 6.07) is 12.7. The van der Waals surface area contributed by atoms with Crippen LogP contribution in [-0.2, 0) is 21.2 Å². The topological polar surface area (TPSA) is 118 Å². The number of hydrogen-bond donors (Lipinski definition) is 2. The first kappa shape index (κ1) is 27.5. The predicted octanol–water partition coefficient (Wildman–Crippen LogP) is 4.50. The Balaban J connectivity index is 1.52. The van der Waals surface area contributed by atoms with Gasteiger partial charge in [-0.3, -0.25) is 4.79 Å². The molecule has 2 aromatic heterocycles. The van der Waals surface area contributed by atoms with E-state index in [0.717, 1.165) is 11.9 Å². The molecular weight excluding hydrogens is 551 g/mol. The lowest BCUT2D eigenvalue weighted by molar-refractivity contribution is -0.118. The molecule has 200 valence electrons. The summed E-state index contributed by atoms with van der Waals surface area (Å²) in [6.45, 7) is 0.604. The number of carbonyl (C=O) groups excluding carboxylic acids is 1. The van der Waals surface area contributed by atoms with Crippen molar-refractivity contribution in [2.75, 3.05) is 42.9 Å². The maximum atomic E-state index is 11.8. The van der Waals surface area contributed by atoms with E-state index in [1.54, 1.807) is 12.1 Å². The lowest BCUT2D eigenvalue weighted by Gasteiger charge is -2.16. The Kier molecular flexibility index (Phi) is 8.29. The number of aromatic nitrogens is 3. The molecule has 0 bridgehead atoms. The summed E-state index contributed by atoms with van der Waals surface area (Å²) in [7, 11) is 0.481. The van der Waals surface area contributed by atoms with Crippen LogP contribution in [0.25, 0.3) is 11.0 Å². The predicted molar refractivity (Wildman–Crippen MR) is 151 cm³/mol. The number of anilines is 3. The SMILES string of the molecule is CN(C)c1cccc(Oc2c(Cl)cc(Nc3ncnc4ccn(CCNC(=O)CS(C)(=O)=O)c34)cc2Cl)c1. The lowest BCUT2D eigenvalue weighted by atomic mass is 10.2. The van der Waals surface area contributed by atoms with E-state index >= 15 is 0 Å². The number of fused-ring (bicyclic) bond motifs is 1. The molecule has 2 N–H and O–H groups in total. The second-order valence-corrected chi connectivity index (χ2v) is 11.7. The molecule has 38 heavy (non-hydrogen) atoms. The van der Waals surface area contributed by atoms with Gasteiger partial charge in [0.2, 0.25) is 5.91 Å². The maximum absolute atomic E-state index is 11.8. The molecule has 0 aliphatic heterocycles. The average Bonchev–Trinajstić information content (AvgIpc) is 3.24. The Morgan fingerprint density at radius 2 is 1.84 bits per heavy atom. The van der Waals surface area contributed by atoms with E-state index in [1.807, 2.05) is 60.1 Å². The monoisotopic (exact) mass is 576 g/mol. The second-order valence-electron chi connectivity index (χ2n) is 8.77. The van der Waals surface area contributed by atoms with Gasteiger partial charge in [-0.05, 0) is 30.3 Å². The van der Waals surface area contributed by atoms with Crippen LogP contribution in [0.5, 0.6) is 11.5 Å². The minimum atomic E-state index is -3.40. The smallest absolute Gasteiger partial charge is 0.235 e. The summed E-state index contributed by atoms with van der Waals surface area (Å²) < 4.78 is 30.5. The molecule has 0 saturated heterocycles. The van der Waals surface area contributed by atoms with Crippen LogP contribution in [0, 0.1) is 0 Å². The molecule has 0 fully saturated rings. The number of benzene rings is 2. The number of carbonyl (C=O) groups is 1. The van der Waals surface area contributed by atoms with Crippen molar-refractivity contribution in [1.29, 1.82) is 0 Å². The number of amides is 1. The molecule has 1 amide bonds. The molecule has 2 heterocycles. The molecular formula is C25H26Cl2N6O4S. The van der Waals surface area contributed by atoms with Gasteiger partial charge in [0.15, 0.2) is 21.4 Å². The third-order valence-corrected chi connectivity index (χ3v) is 6.78. The zero-order valence-corrected chi connectivity index (χ0v) is 23.2. The second kappa shape index (κ2) is 11.5. The Morgan fingerprint density at radius 3 is 2.53 bits per heavy atom. The van der Waals surface area contributed by atoms with Gasteiger partial charge in [0.25, 0.3) is 0 Å². The Morgan fingerprint density at radius 1 is 1.11 bits per heavy atom. The standard InChI is InChI=1S/C25H26Cl2N6O4S/c1-32(2)17-5-4-6-18(13-17)37-24-19(26)11-16(12-20(24)27)31-25-23-21(29-15-30-25)7-9-33(23)10-8-28-22(34)14-38(3,35)36/h4-7,9,11-13,15H,8,10,14H2,1-3H3,(H,28,34)(H,29,30,31). The summed E-state index contributed by atoms with van der Waals surface area (Å²) in [6.07, 6.45) is 4.26. The van der Waals surface area contributed by atoms with Gasteiger partial charge in [0.1, 0.15) is 23.3 Å². The first-order valence-corrected chi connectivity index (χ1v) is 14.3. The summed E-state index contributed by atoms with van der Waals surface area (Å²) >= 11 is 13.1. The van der Waals surface area contributed by atoms with Crippen LogP contribution in [0.1, 0.15) is 0 Å². The summed E-state index contributed by atoms with van der Waals surface area (Å²) in [4.78, 5) is 22.5. The van der Waals surface area contributed by atoms with E-state index in [-0.39, 0.29) is 6.54 Å². The normalized spacial score (nSPS) is 11.4. The molecule has 4 rings (SSSR count). The number of ether oxygens (including phenoxy) is 1. The van der Waals surface area contributed by atoms with Crippen LogP contribution in [0.4, 0.5) is 17.2 Å². The average molecular weight is 577 g/mol. The minimum Gasteiger partial charge on any atom is -0.454 e. The fraction of sp³-hybridized carbons (Fsp3) is 0.240. The first-order valence-electron chi connectivity index (χ1n) is 11.5. The van der Waals surface area contributed by atoms with E-state index < -0.39 is 21.5 Å². The van der Waals surface area contributed by atoms with Crippen LogP contribution < -0.4 is 20.3 Å². The van der Waals surface area contributed by atoms with Gasteiger partial charge in [-0.25, -0.2) is 18.4 Å². The number of halogens is 2. The van der Waals surface area contributed by atoms with E-state index in [1.165, 1.54) is 6.33 Å². The fourth-order valence-electron chi connectivity index (χ4n) is 3.72. The number of hydrogen-bond acceptors (Lipinski definition) is 8. The van der Waals surface area contributed by atoms with E-state index in [4.69, 9.17) is 27.9 Å². The highest BCUT2D eigenvalue weighted by Gasteiger charge is 2.15. The molecule has 2 aromatic carbocycles. The number of sulfone groups is 1. The van der Waals surface area contributed by atoms with Crippen LogP contribution >= 0.6 is 23.2 Å². The Bertz CT molecular complexity index is 1570. The first-order chi connectivity index (χ1) is 18.0. The zero-order chi connectivity index (χ0) is 27.4. The highest BCUT2D eigenvalue weighted by molar-refractivity contribution is 7.91. The maximum Gasteiger partial charge on any atom is 0.235 e. The van der Waals surface area contributed by atoms with Crippen molar-refractivity contribution in [1.82, 2.24) is 19.9 Å². The van der Waals surface area contributed by atoms with E-state index in [0.29, 0.717) is 50.6 Å². The lowest BCUT2D eigenvalue weighted by Crippen LogP contribution is -2.32. The van der Waals surface area contributed by atoms with Gasteiger partial charge in [-0.15, -0.1) is 0 Å². The van der Waals surface area contributed by atoms with Crippen molar-refractivity contribution >= 4 is 67.2 Å². The summed E-state index contributed by atoms with van der Waals surface area (Å²) in [5.74, 6) is 0.313. The summed E-state index contributed by atoms with van der Waals surface area (Å²) in [5, 5.41) is 6.46. The molecule has 0 aliphatic carbocycles. The van der Waals surface area contributed by atoms with E-state index in [9.17, 15) is 13.2 Å². The third-order valence-electron chi connectivity index (χ3n) is 5.43. The van der Waals surface area contributed by atoms with Gasteiger partial charge in [0, 0.05) is 57.1 Å². The van der Waals surface area contributed by atoms with Gasteiger partial charge >= 0.3 is 0 Å². The quantitative estimate of drug-likeness (QED) is 0.283. The highest BCUT2D eigenvalue weighted by Crippen LogP contribution is 2.40. The molecule has 13 heteroatoms. The van der Waals surface area contributed by atoms with Gasteiger partial charge in [-0.1, -0.05) is 29.3 Å². The van der Waals surface area contributed by atoms with Crippen molar-refractivity contribution in [3.8, 4) is 11.5 Å². The van der Waals surface area contributed by atoms with Gasteiger partial charge in [0.05, 0.1) is 15.6 Å². The third kappa shape index (κ3) is 6.85.